The average molecular weight is 319 g/mol. The minimum absolute atomic E-state index is 0.0591. The molecule has 2 heterocycles. The molecule has 23 heavy (non-hydrogen) atoms. The molecule has 1 unspecified atom stereocenters. The predicted molar refractivity (Wildman–Crippen MR) is 82.4 cm³/mol. The summed E-state index contributed by atoms with van der Waals surface area (Å²) in [4.78, 5) is 25.2. The van der Waals surface area contributed by atoms with Crippen LogP contribution in [-0.4, -0.2) is 53.8 Å². The Morgan fingerprint density at radius 3 is 2.65 bits per heavy atom. The summed E-state index contributed by atoms with van der Waals surface area (Å²) < 4.78 is 11.1. The molecule has 0 spiro atoms. The van der Waals surface area contributed by atoms with E-state index in [0.29, 0.717) is 32.5 Å². The summed E-state index contributed by atoms with van der Waals surface area (Å²) in [5.41, 5.74) is 1.10. The van der Waals surface area contributed by atoms with Gasteiger partial charge in [-0.15, -0.1) is 0 Å². The van der Waals surface area contributed by atoms with Crippen molar-refractivity contribution in [3.63, 3.8) is 0 Å². The molecule has 1 amide bonds. The van der Waals surface area contributed by atoms with E-state index in [0.717, 1.165) is 11.3 Å². The number of rotatable bonds is 5. The zero-order valence-electron chi connectivity index (χ0n) is 12.9. The third-order valence-electron chi connectivity index (χ3n) is 4.37. The van der Waals surface area contributed by atoms with Crippen LogP contribution in [0.25, 0.3) is 0 Å². The Morgan fingerprint density at radius 1 is 1.22 bits per heavy atom. The van der Waals surface area contributed by atoms with Crippen LogP contribution in [0.1, 0.15) is 24.8 Å². The van der Waals surface area contributed by atoms with Crippen molar-refractivity contribution >= 4 is 11.9 Å². The van der Waals surface area contributed by atoms with Gasteiger partial charge in [0.15, 0.2) is 0 Å². The number of carboxylic acids is 1. The van der Waals surface area contributed by atoms with Crippen molar-refractivity contribution in [3.8, 4) is 5.75 Å². The molecule has 2 aliphatic heterocycles. The van der Waals surface area contributed by atoms with E-state index in [4.69, 9.17) is 14.6 Å². The Balaban J connectivity index is 1.63. The highest BCUT2D eigenvalue weighted by Gasteiger charge is 2.31. The van der Waals surface area contributed by atoms with E-state index in [2.05, 4.69) is 0 Å². The molecular formula is C17H21NO5. The maximum Gasteiger partial charge on any atom is 0.323 e. The third kappa shape index (κ3) is 3.82. The molecule has 0 saturated carbocycles. The van der Waals surface area contributed by atoms with Crippen LogP contribution in [0.2, 0.25) is 0 Å². The fourth-order valence-corrected chi connectivity index (χ4v) is 3.24. The number of carboxylic acid groups (broad SMARTS) is 1. The fraction of sp³-hybridized carbons (Fsp3) is 0.529. The van der Waals surface area contributed by atoms with Gasteiger partial charge in [-0.1, -0.05) is 18.2 Å². The van der Waals surface area contributed by atoms with Crippen LogP contribution in [0.5, 0.6) is 5.75 Å². The van der Waals surface area contributed by atoms with Crippen LogP contribution in [0.4, 0.5) is 0 Å². The van der Waals surface area contributed by atoms with E-state index in [9.17, 15) is 9.59 Å². The van der Waals surface area contributed by atoms with Gasteiger partial charge in [0, 0.05) is 25.7 Å². The standard InChI is InChI=1S/C17H21NO5/c19-16(10-14-9-12-3-1-2-4-15(12)23-14)18(11-17(20)21)13-5-7-22-8-6-13/h1-4,13-14H,5-11H2,(H,20,21). The van der Waals surface area contributed by atoms with E-state index >= 15 is 0 Å². The molecule has 124 valence electrons. The molecule has 1 saturated heterocycles. The summed E-state index contributed by atoms with van der Waals surface area (Å²) in [6.07, 6.45) is 2.06. The SMILES string of the molecule is O=C(O)CN(C(=O)CC1Cc2ccccc2O1)C1CCOCC1. The molecule has 1 N–H and O–H groups in total. The normalized spacial score (nSPS) is 20.6. The third-order valence-corrected chi connectivity index (χ3v) is 4.37. The zero-order valence-corrected chi connectivity index (χ0v) is 12.9. The highest BCUT2D eigenvalue weighted by molar-refractivity contribution is 5.82. The molecule has 6 heteroatoms. The monoisotopic (exact) mass is 319 g/mol. The van der Waals surface area contributed by atoms with E-state index in [-0.39, 0.29) is 31.0 Å². The molecular weight excluding hydrogens is 298 g/mol. The first-order chi connectivity index (χ1) is 11.1. The number of hydrogen-bond donors (Lipinski definition) is 1. The van der Waals surface area contributed by atoms with Crippen LogP contribution in [0.15, 0.2) is 24.3 Å². The smallest absolute Gasteiger partial charge is 0.323 e. The quantitative estimate of drug-likeness (QED) is 0.889. The number of benzene rings is 1. The second kappa shape index (κ2) is 7.00. The number of hydrogen-bond acceptors (Lipinski definition) is 4. The van der Waals surface area contributed by atoms with Gasteiger partial charge in [0.25, 0.3) is 0 Å². The maximum atomic E-state index is 12.6. The lowest BCUT2D eigenvalue weighted by atomic mass is 10.0. The number of carbonyl (C=O) groups excluding carboxylic acids is 1. The van der Waals surface area contributed by atoms with E-state index in [1.54, 1.807) is 0 Å². The number of ether oxygens (including phenoxy) is 2. The van der Waals surface area contributed by atoms with Crippen molar-refractivity contribution in [2.24, 2.45) is 0 Å². The fourth-order valence-electron chi connectivity index (χ4n) is 3.24. The van der Waals surface area contributed by atoms with Gasteiger partial charge in [-0.25, -0.2) is 0 Å². The van der Waals surface area contributed by atoms with Crippen molar-refractivity contribution in [3.05, 3.63) is 29.8 Å². The van der Waals surface area contributed by atoms with Crippen molar-refractivity contribution in [2.45, 2.75) is 37.8 Å². The minimum Gasteiger partial charge on any atom is -0.489 e. The van der Waals surface area contributed by atoms with Gasteiger partial charge in [-0.3, -0.25) is 9.59 Å². The topological polar surface area (TPSA) is 76.1 Å². The van der Waals surface area contributed by atoms with Crippen LogP contribution >= 0.6 is 0 Å². The van der Waals surface area contributed by atoms with Gasteiger partial charge in [0.05, 0.1) is 6.42 Å². The number of amides is 1. The van der Waals surface area contributed by atoms with Gasteiger partial charge in [0.1, 0.15) is 18.4 Å². The molecule has 3 rings (SSSR count). The molecule has 6 nitrogen and oxygen atoms in total. The lowest BCUT2D eigenvalue weighted by Gasteiger charge is -2.33. The highest BCUT2D eigenvalue weighted by Crippen LogP contribution is 2.30. The molecule has 0 aromatic heterocycles. The van der Waals surface area contributed by atoms with Gasteiger partial charge in [-0.05, 0) is 24.5 Å². The second-order valence-corrected chi connectivity index (χ2v) is 6.01. The summed E-state index contributed by atoms with van der Waals surface area (Å²) in [7, 11) is 0. The molecule has 1 aromatic carbocycles. The van der Waals surface area contributed by atoms with Crippen LogP contribution in [0.3, 0.4) is 0 Å². The molecule has 1 aromatic rings. The van der Waals surface area contributed by atoms with Gasteiger partial charge in [-0.2, -0.15) is 0 Å². The van der Waals surface area contributed by atoms with Gasteiger partial charge >= 0.3 is 5.97 Å². The molecule has 0 aliphatic carbocycles. The van der Waals surface area contributed by atoms with E-state index < -0.39 is 5.97 Å². The summed E-state index contributed by atoms with van der Waals surface area (Å²) in [5, 5.41) is 9.11. The Hall–Kier alpha value is -2.08. The van der Waals surface area contributed by atoms with Crippen LogP contribution in [-0.2, 0) is 20.7 Å². The number of fused-ring (bicyclic) bond motifs is 1. The number of aliphatic carboxylic acids is 1. The molecule has 0 bridgehead atoms. The summed E-state index contributed by atoms with van der Waals surface area (Å²) in [6, 6.07) is 7.68. The van der Waals surface area contributed by atoms with Gasteiger partial charge < -0.3 is 19.5 Å². The first kappa shape index (κ1) is 15.8. The lowest BCUT2D eigenvalue weighted by molar-refractivity contribution is -0.148. The summed E-state index contributed by atoms with van der Waals surface area (Å²) in [6.45, 7) is 0.877. The minimum atomic E-state index is -0.986. The second-order valence-electron chi connectivity index (χ2n) is 6.01. The lowest BCUT2D eigenvalue weighted by Crippen LogP contribution is -2.47. The van der Waals surface area contributed by atoms with Crippen molar-refractivity contribution < 1.29 is 24.2 Å². The Kier molecular flexibility index (Phi) is 4.81. The van der Waals surface area contributed by atoms with Crippen LogP contribution < -0.4 is 4.74 Å². The molecule has 1 atom stereocenters. The first-order valence-electron chi connectivity index (χ1n) is 7.97. The van der Waals surface area contributed by atoms with Crippen molar-refractivity contribution in [1.82, 2.24) is 4.90 Å². The number of para-hydroxylation sites is 1. The van der Waals surface area contributed by atoms with Crippen molar-refractivity contribution in [2.75, 3.05) is 19.8 Å². The van der Waals surface area contributed by atoms with Gasteiger partial charge in [0.2, 0.25) is 5.91 Å². The zero-order chi connectivity index (χ0) is 16.2. The van der Waals surface area contributed by atoms with Crippen LogP contribution in [0, 0.1) is 0 Å². The van der Waals surface area contributed by atoms with Crippen molar-refractivity contribution in [1.29, 1.82) is 0 Å². The number of carbonyl (C=O) groups is 2. The van der Waals surface area contributed by atoms with E-state index in [1.165, 1.54) is 4.90 Å². The summed E-state index contributed by atoms with van der Waals surface area (Å²) >= 11 is 0. The Morgan fingerprint density at radius 2 is 1.96 bits per heavy atom. The number of nitrogens with zero attached hydrogens (tertiary/aromatic N) is 1. The summed E-state index contributed by atoms with van der Waals surface area (Å²) in [5.74, 6) is -0.321. The largest absolute Gasteiger partial charge is 0.489 e. The molecule has 0 radical (unpaired) electrons. The highest BCUT2D eigenvalue weighted by atomic mass is 16.5. The molecule has 2 aliphatic rings. The Bertz CT molecular complexity index is 557. The molecule has 1 fully saturated rings. The average Bonchev–Trinajstić information content (AvgIpc) is 2.95. The Labute approximate surface area is 135 Å². The maximum absolute atomic E-state index is 12.6. The van der Waals surface area contributed by atoms with E-state index in [1.807, 2.05) is 24.3 Å². The first-order valence-corrected chi connectivity index (χ1v) is 7.97. The predicted octanol–water partition coefficient (Wildman–Crippen LogP) is 1.47.